The van der Waals surface area contributed by atoms with Gasteiger partial charge in [0.05, 0.1) is 6.04 Å². The molecule has 5 nitrogen and oxygen atoms in total. The number of hydrogen-bond acceptors (Lipinski definition) is 2. The molecule has 96 valence electrons. The summed E-state index contributed by atoms with van der Waals surface area (Å²) in [6.45, 7) is 4.75. The van der Waals surface area contributed by atoms with Gasteiger partial charge in [-0.25, -0.2) is 4.99 Å². The zero-order valence-corrected chi connectivity index (χ0v) is 10.6. The molecule has 0 aromatic rings. The summed E-state index contributed by atoms with van der Waals surface area (Å²) in [5.41, 5.74) is 6.02. The predicted octanol–water partition coefficient (Wildman–Crippen LogP) is 0.408. The van der Waals surface area contributed by atoms with Gasteiger partial charge < -0.3 is 15.5 Å². The van der Waals surface area contributed by atoms with Crippen LogP contribution in [-0.4, -0.2) is 53.9 Å². The summed E-state index contributed by atoms with van der Waals surface area (Å²) in [5, 5.41) is 0. The molecule has 2 N–H and O–H groups in total. The van der Waals surface area contributed by atoms with E-state index in [9.17, 15) is 4.79 Å². The van der Waals surface area contributed by atoms with Crippen LogP contribution >= 0.6 is 0 Å². The summed E-state index contributed by atoms with van der Waals surface area (Å²) in [5.74, 6) is 0.816. The van der Waals surface area contributed by atoms with Crippen molar-refractivity contribution in [3.8, 4) is 0 Å². The molecule has 1 saturated carbocycles. The Kier molecular flexibility index (Phi) is 3.86. The van der Waals surface area contributed by atoms with Gasteiger partial charge in [-0.1, -0.05) is 12.8 Å². The van der Waals surface area contributed by atoms with Gasteiger partial charge in [0.15, 0.2) is 5.96 Å². The van der Waals surface area contributed by atoms with Crippen LogP contribution in [0.4, 0.5) is 0 Å². The predicted molar refractivity (Wildman–Crippen MR) is 67.7 cm³/mol. The van der Waals surface area contributed by atoms with Crippen molar-refractivity contribution in [3.05, 3.63) is 0 Å². The summed E-state index contributed by atoms with van der Waals surface area (Å²) >= 11 is 0. The molecule has 0 spiro atoms. The molecule has 0 radical (unpaired) electrons. The Morgan fingerprint density at radius 3 is 2.18 bits per heavy atom. The van der Waals surface area contributed by atoms with Gasteiger partial charge in [0.1, 0.15) is 0 Å². The van der Waals surface area contributed by atoms with Gasteiger partial charge in [-0.15, -0.1) is 0 Å². The number of carbonyl (C=O) groups excluding carboxylic acids is 1. The number of nitrogens with two attached hydrogens (primary N) is 1. The van der Waals surface area contributed by atoms with E-state index in [1.165, 1.54) is 25.7 Å². The maximum Gasteiger partial charge on any atom is 0.219 e. The fourth-order valence-corrected chi connectivity index (χ4v) is 2.55. The molecule has 17 heavy (non-hydrogen) atoms. The van der Waals surface area contributed by atoms with E-state index >= 15 is 0 Å². The number of guanidine groups is 1. The molecule has 2 rings (SSSR count). The first-order valence-electron chi connectivity index (χ1n) is 6.50. The maximum atomic E-state index is 11.2. The summed E-state index contributed by atoms with van der Waals surface area (Å²) in [7, 11) is 0. The van der Waals surface area contributed by atoms with Crippen molar-refractivity contribution < 1.29 is 4.79 Å². The van der Waals surface area contributed by atoms with E-state index in [0.717, 1.165) is 26.2 Å². The van der Waals surface area contributed by atoms with Crippen molar-refractivity contribution in [2.24, 2.45) is 10.7 Å². The second-order valence-electron chi connectivity index (χ2n) is 4.92. The van der Waals surface area contributed by atoms with E-state index in [0.29, 0.717) is 12.0 Å². The highest BCUT2D eigenvalue weighted by Crippen LogP contribution is 2.21. The minimum Gasteiger partial charge on any atom is -0.370 e. The van der Waals surface area contributed by atoms with Crippen molar-refractivity contribution in [1.82, 2.24) is 9.80 Å². The molecule has 0 atom stereocenters. The summed E-state index contributed by atoms with van der Waals surface area (Å²) in [6.07, 6.45) is 4.90. The van der Waals surface area contributed by atoms with Gasteiger partial charge >= 0.3 is 0 Å². The fraction of sp³-hybridized carbons (Fsp3) is 0.833. The van der Waals surface area contributed by atoms with Gasteiger partial charge in [0.25, 0.3) is 0 Å². The Morgan fingerprint density at radius 1 is 1.12 bits per heavy atom. The van der Waals surface area contributed by atoms with E-state index < -0.39 is 0 Å². The van der Waals surface area contributed by atoms with Crippen LogP contribution in [0.25, 0.3) is 0 Å². The lowest BCUT2D eigenvalue weighted by Crippen LogP contribution is -2.52. The van der Waals surface area contributed by atoms with Crippen molar-refractivity contribution in [2.75, 3.05) is 26.2 Å². The monoisotopic (exact) mass is 238 g/mol. The van der Waals surface area contributed by atoms with E-state index in [1.54, 1.807) is 6.92 Å². The van der Waals surface area contributed by atoms with Gasteiger partial charge in [0.2, 0.25) is 5.91 Å². The molecule has 1 saturated heterocycles. The van der Waals surface area contributed by atoms with Gasteiger partial charge in [0, 0.05) is 33.1 Å². The van der Waals surface area contributed by atoms with Crippen LogP contribution in [0.5, 0.6) is 0 Å². The van der Waals surface area contributed by atoms with E-state index in [4.69, 9.17) is 5.73 Å². The Balaban J connectivity index is 1.85. The van der Waals surface area contributed by atoms with Crippen LogP contribution in [0.15, 0.2) is 4.99 Å². The average Bonchev–Trinajstić information content (AvgIpc) is 2.82. The molecule has 5 heteroatoms. The van der Waals surface area contributed by atoms with Crippen molar-refractivity contribution >= 4 is 11.9 Å². The second-order valence-corrected chi connectivity index (χ2v) is 4.92. The molecule has 1 amide bonds. The molecular formula is C12H22N4O. The lowest BCUT2D eigenvalue weighted by molar-refractivity contribution is -0.130. The quantitative estimate of drug-likeness (QED) is 0.531. The smallest absolute Gasteiger partial charge is 0.219 e. The van der Waals surface area contributed by atoms with Crippen LogP contribution < -0.4 is 5.73 Å². The third-order valence-electron chi connectivity index (χ3n) is 3.69. The third-order valence-corrected chi connectivity index (χ3v) is 3.69. The molecule has 0 aromatic carbocycles. The Hall–Kier alpha value is -1.26. The van der Waals surface area contributed by atoms with Gasteiger partial charge in [-0.05, 0) is 12.8 Å². The molecule has 1 heterocycles. The lowest BCUT2D eigenvalue weighted by Gasteiger charge is -2.35. The van der Waals surface area contributed by atoms with Crippen molar-refractivity contribution in [3.63, 3.8) is 0 Å². The largest absolute Gasteiger partial charge is 0.370 e. The SMILES string of the molecule is CC(=O)N1CCN(C(N)=NC2CCCC2)CC1. The van der Waals surface area contributed by atoms with Gasteiger partial charge in [-0.3, -0.25) is 4.79 Å². The van der Waals surface area contributed by atoms with E-state index in [2.05, 4.69) is 9.89 Å². The molecule has 2 fully saturated rings. The van der Waals surface area contributed by atoms with Crippen molar-refractivity contribution in [2.45, 2.75) is 38.6 Å². The van der Waals surface area contributed by atoms with E-state index in [-0.39, 0.29) is 5.91 Å². The molecule has 0 bridgehead atoms. The first-order chi connectivity index (χ1) is 8.16. The number of amides is 1. The van der Waals surface area contributed by atoms with E-state index in [1.807, 2.05) is 4.90 Å². The number of aliphatic imine (C=N–C) groups is 1. The number of nitrogens with zero attached hydrogens (tertiary/aromatic N) is 3. The van der Waals surface area contributed by atoms with Crippen molar-refractivity contribution in [1.29, 1.82) is 0 Å². The Labute approximate surface area is 103 Å². The molecular weight excluding hydrogens is 216 g/mol. The zero-order valence-electron chi connectivity index (χ0n) is 10.6. The number of piperazine rings is 1. The highest BCUT2D eigenvalue weighted by Gasteiger charge is 2.21. The number of hydrogen-bond donors (Lipinski definition) is 1. The highest BCUT2D eigenvalue weighted by atomic mass is 16.2. The first-order valence-corrected chi connectivity index (χ1v) is 6.50. The zero-order chi connectivity index (χ0) is 12.3. The lowest BCUT2D eigenvalue weighted by atomic mass is 10.3. The standard InChI is InChI=1S/C12H22N4O/c1-10(17)15-6-8-16(9-7-15)12(13)14-11-4-2-3-5-11/h11H,2-9H2,1H3,(H2,13,14). The third kappa shape index (κ3) is 3.11. The average molecular weight is 238 g/mol. The van der Waals surface area contributed by atoms with Crippen LogP contribution in [0.3, 0.4) is 0 Å². The van der Waals surface area contributed by atoms with Crippen LogP contribution in [-0.2, 0) is 4.79 Å². The molecule has 0 unspecified atom stereocenters. The Morgan fingerprint density at radius 2 is 1.65 bits per heavy atom. The molecule has 2 aliphatic rings. The minimum absolute atomic E-state index is 0.149. The maximum absolute atomic E-state index is 11.2. The molecule has 1 aliphatic heterocycles. The summed E-state index contributed by atoms with van der Waals surface area (Å²) in [6, 6.07) is 0.431. The van der Waals surface area contributed by atoms with Crippen LogP contribution in [0, 0.1) is 0 Å². The molecule has 1 aliphatic carbocycles. The summed E-state index contributed by atoms with van der Waals surface area (Å²) in [4.78, 5) is 19.7. The first kappa shape index (κ1) is 12.2. The fourth-order valence-electron chi connectivity index (χ4n) is 2.55. The highest BCUT2D eigenvalue weighted by molar-refractivity contribution is 5.79. The molecule has 0 aromatic heterocycles. The van der Waals surface area contributed by atoms with Gasteiger partial charge in [-0.2, -0.15) is 0 Å². The number of rotatable bonds is 1. The Bertz CT molecular complexity index is 302. The second kappa shape index (κ2) is 5.38. The minimum atomic E-state index is 0.149. The summed E-state index contributed by atoms with van der Waals surface area (Å²) < 4.78 is 0. The number of carbonyl (C=O) groups is 1. The normalized spacial score (nSPS) is 23.2. The topological polar surface area (TPSA) is 61.9 Å². The van der Waals surface area contributed by atoms with Crippen LogP contribution in [0.1, 0.15) is 32.6 Å². The van der Waals surface area contributed by atoms with Crippen LogP contribution in [0.2, 0.25) is 0 Å².